The second-order valence-electron chi connectivity index (χ2n) is 2.82. The number of nitrogens with two attached hydrogens (primary N) is 1. The Kier molecular flexibility index (Phi) is 4.03. The fraction of sp³-hybridized carbons (Fsp3) is 0.333. The lowest BCUT2D eigenvalue weighted by Gasteiger charge is -2.03. The smallest absolute Gasteiger partial charge is 0.141 e. The van der Waals surface area contributed by atoms with Gasteiger partial charge in [0.15, 0.2) is 0 Å². The summed E-state index contributed by atoms with van der Waals surface area (Å²) in [5.74, 6) is -0.293. The van der Waals surface area contributed by atoms with E-state index in [1.54, 1.807) is 0 Å². The summed E-state index contributed by atoms with van der Waals surface area (Å²) in [5.41, 5.74) is 5.66. The fourth-order valence-electron chi connectivity index (χ4n) is 1.01. The van der Waals surface area contributed by atoms with Crippen LogP contribution in [-0.2, 0) is 10.8 Å². The Hall–Kier alpha value is -0.940. The third-order valence-electron chi connectivity index (χ3n) is 1.69. The molecule has 0 saturated carbocycles. The van der Waals surface area contributed by atoms with Crippen molar-refractivity contribution in [3.05, 3.63) is 24.0 Å². The Labute approximate surface area is 84.2 Å². The Morgan fingerprint density at radius 2 is 2.21 bits per heavy atom. The van der Waals surface area contributed by atoms with Gasteiger partial charge in [0.05, 0.1) is 15.7 Å². The normalized spacial score (nSPS) is 12.7. The topological polar surface area (TPSA) is 63.3 Å². The molecule has 0 amide bonds. The van der Waals surface area contributed by atoms with E-state index in [1.807, 2.05) is 0 Å². The van der Waals surface area contributed by atoms with Gasteiger partial charge >= 0.3 is 0 Å². The maximum Gasteiger partial charge on any atom is 0.141 e. The average Bonchev–Trinajstić information content (AvgIpc) is 2.14. The summed E-state index contributed by atoms with van der Waals surface area (Å²) in [4.78, 5) is 0.146. The summed E-state index contributed by atoms with van der Waals surface area (Å²) in [6.07, 6.45) is 0.399. The van der Waals surface area contributed by atoms with E-state index in [0.29, 0.717) is 12.1 Å². The van der Waals surface area contributed by atoms with E-state index in [-0.39, 0.29) is 17.3 Å². The van der Waals surface area contributed by atoms with Crippen LogP contribution in [0.3, 0.4) is 0 Å². The van der Waals surface area contributed by atoms with Crippen molar-refractivity contribution in [2.24, 2.45) is 0 Å². The van der Waals surface area contributed by atoms with Gasteiger partial charge in [-0.1, -0.05) is 0 Å². The summed E-state index contributed by atoms with van der Waals surface area (Å²) < 4.78 is 24.6. The van der Waals surface area contributed by atoms with Gasteiger partial charge in [0.25, 0.3) is 0 Å². The number of hydrogen-bond donors (Lipinski definition) is 2. The van der Waals surface area contributed by atoms with Crippen molar-refractivity contribution in [3.8, 4) is 0 Å². The standard InChI is InChI=1S/C9H12FNO2S/c10-8-6-7(11)2-3-9(8)14(13)5-1-4-12/h2-3,6,12H,1,4-5,11H2. The molecule has 0 aliphatic rings. The summed E-state index contributed by atoms with van der Waals surface area (Å²) in [6.45, 7) is -0.0394. The second kappa shape index (κ2) is 5.07. The van der Waals surface area contributed by atoms with Gasteiger partial charge in [0.2, 0.25) is 0 Å². The van der Waals surface area contributed by atoms with Crippen molar-refractivity contribution in [1.82, 2.24) is 0 Å². The van der Waals surface area contributed by atoms with Gasteiger partial charge in [-0.25, -0.2) is 4.39 Å². The molecular weight excluding hydrogens is 205 g/mol. The molecule has 5 heteroatoms. The number of halogens is 1. The van der Waals surface area contributed by atoms with E-state index < -0.39 is 16.6 Å². The molecule has 0 aliphatic carbocycles. The number of aliphatic hydroxyl groups is 1. The number of hydrogen-bond acceptors (Lipinski definition) is 3. The summed E-state index contributed by atoms with van der Waals surface area (Å²) in [6, 6.07) is 4.07. The van der Waals surface area contributed by atoms with Crippen molar-refractivity contribution < 1.29 is 13.7 Å². The zero-order chi connectivity index (χ0) is 10.6. The lowest BCUT2D eigenvalue weighted by Crippen LogP contribution is -2.03. The van der Waals surface area contributed by atoms with Crippen LogP contribution in [0.25, 0.3) is 0 Å². The molecule has 0 saturated heterocycles. The molecule has 0 radical (unpaired) electrons. The zero-order valence-corrected chi connectivity index (χ0v) is 8.39. The highest BCUT2D eigenvalue weighted by atomic mass is 32.2. The van der Waals surface area contributed by atoms with Gasteiger partial charge < -0.3 is 10.8 Å². The van der Waals surface area contributed by atoms with E-state index in [1.165, 1.54) is 12.1 Å². The molecule has 0 bridgehead atoms. The molecule has 78 valence electrons. The van der Waals surface area contributed by atoms with E-state index in [2.05, 4.69) is 0 Å². The van der Waals surface area contributed by atoms with Gasteiger partial charge in [-0.2, -0.15) is 0 Å². The van der Waals surface area contributed by atoms with Crippen molar-refractivity contribution >= 4 is 16.5 Å². The molecule has 1 aromatic rings. The Morgan fingerprint density at radius 1 is 1.50 bits per heavy atom. The predicted octanol–water partition coefficient (Wildman–Crippen LogP) is 0.898. The van der Waals surface area contributed by atoms with Crippen LogP contribution < -0.4 is 5.73 Å². The minimum Gasteiger partial charge on any atom is -0.399 e. The lowest BCUT2D eigenvalue weighted by molar-refractivity contribution is 0.296. The quantitative estimate of drug-likeness (QED) is 0.736. The second-order valence-corrected chi connectivity index (χ2v) is 4.36. The first-order valence-corrected chi connectivity index (χ1v) is 5.51. The van der Waals surface area contributed by atoms with Gasteiger partial charge in [-0.3, -0.25) is 4.21 Å². The highest BCUT2D eigenvalue weighted by molar-refractivity contribution is 7.85. The first-order chi connectivity index (χ1) is 6.65. The van der Waals surface area contributed by atoms with Gasteiger partial charge in [0, 0.05) is 18.0 Å². The van der Waals surface area contributed by atoms with E-state index in [0.717, 1.165) is 6.07 Å². The maximum atomic E-state index is 13.2. The molecule has 0 aliphatic heterocycles. The summed E-state index contributed by atoms with van der Waals surface area (Å²) in [5, 5.41) is 8.53. The van der Waals surface area contributed by atoms with Gasteiger partial charge in [-0.15, -0.1) is 0 Å². The Balaban J connectivity index is 2.80. The Bertz CT molecular complexity index is 344. The predicted molar refractivity (Wildman–Crippen MR) is 53.8 cm³/mol. The first-order valence-electron chi connectivity index (χ1n) is 4.19. The monoisotopic (exact) mass is 217 g/mol. The summed E-state index contributed by atoms with van der Waals surface area (Å²) >= 11 is 0. The van der Waals surface area contributed by atoms with Gasteiger partial charge in [0.1, 0.15) is 5.82 Å². The van der Waals surface area contributed by atoms with Crippen LogP contribution in [-0.4, -0.2) is 21.7 Å². The van der Waals surface area contributed by atoms with Crippen LogP contribution in [0.2, 0.25) is 0 Å². The molecule has 3 nitrogen and oxygen atoms in total. The third kappa shape index (κ3) is 2.78. The largest absolute Gasteiger partial charge is 0.399 e. The fourth-order valence-corrected chi connectivity index (χ4v) is 2.11. The molecular formula is C9H12FNO2S. The van der Waals surface area contributed by atoms with Crippen LogP contribution in [0.1, 0.15) is 6.42 Å². The summed E-state index contributed by atoms with van der Waals surface area (Å²) in [7, 11) is -1.39. The highest BCUT2D eigenvalue weighted by Crippen LogP contribution is 2.16. The van der Waals surface area contributed by atoms with Crippen molar-refractivity contribution in [2.45, 2.75) is 11.3 Å². The van der Waals surface area contributed by atoms with Crippen LogP contribution in [0.4, 0.5) is 10.1 Å². The minimum atomic E-state index is -1.39. The molecule has 0 heterocycles. The number of benzene rings is 1. The number of aliphatic hydroxyl groups excluding tert-OH is 1. The molecule has 1 rings (SSSR count). The van der Waals surface area contributed by atoms with Crippen LogP contribution >= 0.6 is 0 Å². The number of nitrogen functional groups attached to an aromatic ring is 1. The molecule has 1 atom stereocenters. The van der Waals surface area contributed by atoms with Crippen LogP contribution in [0.15, 0.2) is 23.1 Å². The zero-order valence-electron chi connectivity index (χ0n) is 7.57. The van der Waals surface area contributed by atoms with Crippen molar-refractivity contribution in [2.75, 3.05) is 18.1 Å². The van der Waals surface area contributed by atoms with Crippen LogP contribution in [0, 0.1) is 5.82 Å². The van der Waals surface area contributed by atoms with Crippen molar-refractivity contribution in [1.29, 1.82) is 0 Å². The highest BCUT2D eigenvalue weighted by Gasteiger charge is 2.09. The Morgan fingerprint density at radius 3 is 2.79 bits per heavy atom. The molecule has 14 heavy (non-hydrogen) atoms. The number of rotatable bonds is 4. The van der Waals surface area contributed by atoms with Crippen molar-refractivity contribution in [3.63, 3.8) is 0 Å². The van der Waals surface area contributed by atoms with E-state index >= 15 is 0 Å². The van der Waals surface area contributed by atoms with E-state index in [9.17, 15) is 8.60 Å². The lowest BCUT2D eigenvalue weighted by atomic mass is 10.3. The molecule has 1 aromatic carbocycles. The molecule has 3 N–H and O–H groups in total. The average molecular weight is 217 g/mol. The first kappa shape index (κ1) is 11.1. The minimum absolute atomic E-state index is 0.0394. The van der Waals surface area contributed by atoms with Gasteiger partial charge in [-0.05, 0) is 24.6 Å². The van der Waals surface area contributed by atoms with Crippen LogP contribution in [0.5, 0.6) is 0 Å². The molecule has 0 aromatic heterocycles. The molecule has 0 spiro atoms. The molecule has 0 fully saturated rings. The maximum absolute atomic E-state index is 13.2. The molecule has 1 unspecified atom stereocenters. The number of anilines is 1. The SMILES string of the molecule is Nc1ccc(S(=O)CCCO)c(F)c1. The van der Waals surface area contributed by atoms with E-state index in [4.69, 9.17) is 10.8 Å². The third-order valence-corrected chi connectivity index (χ3v) is 3.17.